The van der Waals surface area contributed by atoms with Crippen LogP contribution in [0.15, 0.2) is 48.0 Å². The highest BCUT2D eigenvalue weighted by Crippen LogP contribution is 2.12. The van der Waals surface area contributed by atoms with E-state index in [4.69, 9.17) is 0 Å². The summed E-state index contributed by atoms with van der Waals surface area (Å²) in [5.41, 5.74) is 1.36. The number of benzene rings is 1. The van der Waals surface area contributed by atoms with Gasteiger partial charge in [-0.15, -0.1) is 6.58 Å². The molecule has 2 rings (SSSR count). The Kier molecular flexibility index (Phi) is 3.76. The van der Waals surface area contributed by atoms with Crippen LogP contribution in [0, 0.1) is 0 Å². The molecule has 1 aromatic rings. The molecule has 0 amide bonds. The van der Waals surface area contributed by atoms with Gasteiger partial charge in [-0.25, -0.2) is 0 Å². The second-order valence-corrected chi connectivity index (χ2v) is 4.03. The Morgan fingerprint density at radius 1 is 1.31 bits per heavy atom. The fourth-order valence-electron chi connectivity index (χ4n) is 1.97. The van der Waals surface area contributed by atoms with Crippen molar-refractivity contribution in [3.8, 4) is 0 Å². The fourth-order valence-corrected chi connectivity index (χ4v) is 1.97. The molecule has 84 valence electrons. The molecule has 0 N–H and O–H groups in total. The van der Waals surface area contributed by atoms with E-state index in [1.54, 1.807) is 0 Å². The third-order valence-corrected chi connectivity index (χ3v) is 2.82. The molecule has 16 heavy (non-hydrogen) atoms. The highest BCUT2D eigenvalue weighted by Gasteiger charge is 2.15. The second-order valence-electron chi connectivity index (χ2n) is 4.03. The first-order chi connectivity index (χ1) is 7.90. The van der Waals surface area contributed by atoms with Crippen molar-refractivity contribution in [3.05, 3.63) is 48.6 Å². The fraction of sp³-hybridized carbons (Fsp3) is 0.357. The lowest BCUT2D eigenvalue weighted by molar-refractivity contribution is 0.444. The van der Waals surface area contributed by atoms with E-state index in [1.165, 1.54) is 11.4 Å². The van der Waals surface area contributed by atoms with Crippen LogP contribution in [-0.2, 0) is 6.54 Å². The Balaban J connectivity index is 1.95. The molecule has 1 aromatic carbocycles. The zero-order chi connectivity index (χ0) is 11.2. The number of hydrogen-bond acceptors (Lipinski definition) is 2. The smallest absolute Gasteiger partial charge is 0.0996 e. The van der Waals surface area contributed by atoms with Gasteiger partial charge in [0.05, 0.1) is 12.4 Å². The summed E-state index contributed by atoms with van der Waals surface area (Å²) in [5, 5.41) is 0. The largest absolute Gasteiger partial charge is 0.354 e. The highest BCUT2D eigenvalue weighted by molar-refractivity contribution is 5.83. The maximum atomic E-state index is 4.55. The summed E-state index contributed by atoms with van der Waals surface area (Å²) in [4.78, 5) is 6.92. The standard InChI is InChI=1S/C14H18N2/c1-2-3-9-14-15-10-11-16(14)12-13-7-5-4-6-8-13/h2,4-8H,1,3,9-12H2. The first kappa shape index (κ1) is 10.9. The van der Waals surface area contributed by atoms with Crippen LogP contribution in [0.25, 0.3) is 0 Å². The number of allylic oxidation sites excluding steroid dienone is 1. The third-order valence-electron chi connectivity index (χ3n) is 2.82. The molecule has 0 aliphatic carbocycles. The van der Waals surface area contributed by atoms with Crippen molar-refractivity contribution >= 4 is 5.84 Å². The van der Waals surface area contributed by atoms with Gasteiger partial charge in [-0.05, 0) is 12.0 Å². The predicted octanol–water partition coefficient (Wildman–Crippen LogP) is 2.87. The van der Waals surface area contributed by atoms with Crippen LogP contribution in [0.1, 0.15) is 18.4 Å². The minimum atomic E-state index is 0.944. The second kappa shape index (κ2) is 5.50. The van der Waals surface area contributed by atoms with Crippen molar-refractivity contribution < 1.29 is 0 Å². The average molecular weight is 214 g/mol. The van der Waals surface area contributed by atoms with Crippen molar-refractivity contribution in [3.63, 3.8) is 0 Å². The van der Waals surface area contributed by atoms with Gasteiger partial charge in [0.25, 0.3) is 0 Å². The first-order valence-electron chi connectivity index (χ1n) is 5.83. The zero-order valence-corrected chi connectivity index (χ0v) is 9.60. The molecule has 1 heterocycles. The number of hydrogen-bond donors (Lipinski definition) is 0. The Bertz CT molecular complexity index is 368. The molecular formula is C14H18N2. The van der Waals surface area contributed by atoms with E-state index >= 15 is 0 Å². The zero-order valence-electron chi connectivity index (χ0n) is 9.60. The summed E-state index contributed by atoms with van der Waals surface area (Å²) in [7, 11) is 0. The van der Waals surface area contributed by atoms with Crippen LogP contribution >= 0.6 is 0 Å². The molecule has 0 aromatic heterocycles. The molecule has 0 fully saturated rings. The van der Waals surface area contributed by atoms with Gasteiger partial charge in [0.15, 0.2) is 0 Å². The highest BCUT2D eigenvalue weighted by atomic mass is 15.2. The van der Waals surface area contributed by atoms with Gasteiger partial charge in [0.2, 0.25) is 0 Å². The normalized spacial score (nSPS) is 15.0. The van der Waals surface area contributed by atoms with Crippen molar-refractivity contribution in [1.29, 1.82) is 0 Å². The summed E-state index contributed by atoms with van der Waals surface area (Å²) in [6, 6.07) is 10.6. The van der Waals surface area contributed by atoms with Gasteiger partial charge in [-0.1, -0.05) is 36.4 Å². The molecular weight excluding hydrogens is 196 g/mol. The van der Waals surface area contributed by atoms with Crippen LogP contribution in [-0.4, -0.2) is 23.8 Å². The van der Waals surface area contributed by atoms with Crippen LogP contribution in [0.5, 0.6) is 0 Å². The molecule has 1 aliphatic heterocycles. The van der Waals surface area contributed by atoms with Crippen molar-refractivity contribution in [2.45, 2.75) is 19.4 Å². The quantitative estimate of drug-likeness (QED) is 0.688. The monoisotopic (exact) mass is 214 g/mol. The lowest BCUT2D eigenvalue weighted by atomic mass is 10.2. The molecule has 2 heteroatoms. The van der Waals surface area contributed by atoms with E-state index in [1.807, 2.05) is 6.08 Å². The Morgan fingerprint density at radius 3 is 2.88 bits per heavy atom. The molecule has 2 nitrogen and oxygen atoms in total. The summed E-state index contributed by atoms with van der Waals surface area (Å²) >= 11 is 0. The molecule has 0 saturated carbocycles. The molecule has 0 saturated heterocycles. The number of rotatable bonds is 5. The minimum absolute atomic E-state index is 0.944. The summed E-state index contributed by atoms with van der Waals surface area (Å²) in [5.74, 6) is 1.24. The van der Waals surface area contributed by atoms with E-state index in [0.717, 1.165) is 32.5 Å². The minimum Gasteiger partial charge on any atom is -0.354 e. The van der Waals surface area contributed by atoms with E-state index in [2.05, 4.69) is 46.8 Å². The lowest BCUT2D eigenvalue weighted by Crippen LogP contribution is -2.26. The van der Waals surface area contributed by atoms with Crippen molar-refractivity contribution in [1.82, 2.24) is 4.90 Å². The van der Waals surface area contributed by atoms with E-state index in [0.29, 0.717) is 0 Å². The Morgan fingerprint density at radius 2 is 2.12 bits per heavy atom. The van der Waals surface area contributed by atoms with Crippen LogP contribution < -0.4 is 0 Å². The number of amidine groups is 1. The number of nitrogens with zero attached hydrogens (tertiary/aromatic N) is 2. The van der Waals surface area contributed by atoms with E-state index in [9.17, 15) is 0 Å². The molecule has 0 spiro atoms. The lowest BCUT2D eigenvalue weighted by Gasteiger charge is -2.20. The van der Waals surface area contributed by atoms with Crippen LogP contribution in [0.4, 0.5) is 0 Å². The van der Waals surface area contributed by atoms with Crippen LogP contribution in [0.2, 0.25) is 0 Å². The first-order valence-corrected chi connectivity index (χ1v) is 5.83. The average Bonchev–Trinajstić information content (AvgIpc) is 2.75. The third kappa shape index (κ3) is 2.72. The van der Waals surface area contributed by atoms with Gasteiger partial charge < -0.3 is 4.90 Å². The molecule has 0 atom stereocenters. The summed E-state index contributed by atoms with van der Waals surface area (Å²) in [6.45, 7) is 6.74. The maximum absolute atomic E-state index is 4.55. The molecule has 1 aliphatic rings. The van der Waals surface area contributed by atoms with Gasteiger partial charge >= 0.3 is 0 Å². The Labute approximate surface area is 97.3 Å². The van der Waals surface area contributed by atoms with Crippen molar-refractivity contribution in [2.24, 2.45) is 4.99 Å². The molecule has 0 unspecified atom stereocenters. The molecule has 0 bridgehead atoms. The van der Waals surface area contributed by atoms with Crippen LogP contribution in [0.3, 0.4) is 0 Å². The van der Waals surface area contributed by atoms with E-state index < -0.39 is 0 Å². The van der Waals surface area contributed by atoms with Gasteiger partial charge in [-0.2, -0.15) is 0 Å². The van der Waals surface area contributed by atoms with Gasteiger partial charge in [0, 0.05) is 19.5 Å². The topological polar surface area (TPSA) is 15.6 Å². The van der Waals surface area contributed by atoms with E-state index in [-0.39, 0.29) is 0 Å². The predicted molar refractivity (Wildman–Crippen MR) is 68.6 cm³/mol. The maximum Gasteiger partial charge on any atom is 0.0996 e. The SMILES string of the molecule is C=CCCC1=NCCN1Cc1ccccc1. The molecule has 0 radical (unpaired) electrons. The van der Waals surface area contributed by atoms with Gasteiger partial charge in [0.1, 0.15) is 0 Å². The Hall–Kier alpha value is -1.57. The van der Waals surface area contributed by atoms with Crippen molar-refractivity contribution in [2.75, 3.05) is 13.1 Å². The number of aliphatic imine (C=N–C) groups is 1. The summed E-state index contributed by atoms with van der Waals surface area (Å²) < 4.78 is 0. The summed E-state index contributed by atoms with van der Waals surface area (Å²) in [6.07, 6.45) is 4.00. The van der Waals surface area contributed by atoms with Gasteiger partial charge in [-0.3, -0.25) is 4.99 Å².